The molecular formula is C43H31N. The summed E-state index contributed by atoms with van der Waals surface area (Å²) in [6.07, 6.45) is 7.77. The zero-order chi connectivity index (χ0) is 29.3. The average molecular weight is 562 g/mol. The van der Waals surface area contributed by atoms with Gasteiger partial charge in [0.1, 0.15) is 0 Å². The van der Waals surface area contributed by atoms with Gasteiger partial charge in [-0.2, -0.15) is 0 Å². The van der Waals surface area contributed by atoms with Gasteiger partial charge in [-0.05, 0) is 116 Å². The largest absolute Gasteiger partial charge is 0.310 e. The summed E-state index contributed by atoms with van der Waals surface area (Å²) in [7, 11) is 0. The van der Waals surface area contributed by atoms with E-state index in [1.807, 2.05) is 0 Å². The Balaban J connectivity index is 1.04. The molecule has 8 rings (SSSR count). The fraction of sp³-hybridized carbons (Fsp3) is 0.0233. The molecule has 0 fully saturated rings. The highest BCUT2D eigenvalue weighted by Crippen LogP contribution is 2.36. The molecule has 0 saturated carbocycles. The maximum absolute atomic E-state index is 2.33. The molecule has 0 saturated heterocycles. The fourth-order valence-electron chi connectivity index (χ4n) is 6.32. The van der Waals surface area contributed by atoms with E-state index in [2.05, 4.69) is 181 Å². The van der Waals surface area contributed by atoms with Crippen LogP contribution >= 0.6 is 0 Å². The van der Waals surface area contributed by atoms with Crippen LogP contribution in [0.4, 0.5) is 17.1 Å². The number of hydrogen-bond donors (Lipinski definition) is 0. The standard InChI is InChI=1S/C43H31N/c1-3-11-41(12-4-1)44(42-13-5-2-6-14-42)43-24-23-36-26-32(18-20-39(36)30-43)16-15-31-17-19-37-27-38(22-21-35(37)25-31)40-28-33-9-7-8-10-34(33)29-40/h1-28,30H,29H2. The van der Waals surface area contributed by atoms with Gasteiger partial charge in [0.05, 0.1) is 0 Å². The van der Waals surface area contributed by atoms with Crippen LogP contribution in [-0.4, -0.2) is 0 Å². The second kappa shape index (κ2) is 11.2. The Labute approximate surface area is 258 Å². The number of benzene rings is 7. The quantitative estimate of drug-likeness (QED) is 0.183. The van der Waals surface area contributed by atoms with E-state index >= 15 is 0 Å². The number of allylic oxidation sites excluding steroid dienone is 1. The molecule has 0 spiro atoms. The Morgan fingerprint density at radius 1 is 0.432 bits per heavy atom. The second-order valence-electron chi connectivity index (χ2n) is 11.5. The smallest absolute Gasteiger partial charge is 0.0468 e. The molecule has 0 aliphatic heterocycles. The number of hydrogen-bond acceptors (Lipinski definition) is 1. The zero-order valence-electron chi connectivity index (χ0n) is 24.4. The van der Waals surface area contributed by atoms with Gasteiger partial charge in [0.2, 0.25) is 0 Å². The van der Waals surface area contributed by atoms with Crippen LogP contribution < -0.4 is 4.90 Å². The van der Waals surface area contributed by atoms with Crippen LogP contribution in [0.2, 0.25) is 0 Å². The zero-order valence-corrected chi connectivity index (χ0v) is 24.4. The Kier molecular flexibility index (Phi) is 6.62. The molecule has 0 bridgehead atoms. The first-order valence-electron chi connectivity index (χ1n) is 15.2. The molecule has 0 N–H and O–H groups in total. The van der Waals surface area contributed by atoms with Crippen molar-refractivity contribution in [2.24, 2.45) is 0 Å². The third-order valence-electron chi connectivity index (χ3n) is 8.60. The normalized spacial score (nSPS) is 12.5. The van der Waals surface area contributed by atoms with E-state index in [9.17, 15) is 0 Å². The van der Waals surface area contributed by atoms with Crippen LogP contribution in [0.25, 0.3) is 45.3 Å². The van der Waals surface area contributed by atoms with E-state index in [4.69, 9.17) is 0 Å². The highest BCUT2D eigenvalue weighted by molar-refractivity contribution is 5.95. The van der Waals surface area contributed by atoms with Gasteiger partial charge in [-0.1, -0.05) is 121 Å². The molecule has 1 aliphatic rings. The molecule has 7 aromatic carbocycles. The molecule has 0 amide bonds. The summed E-state index contributed by atoms with van der Waals surface area (Å²) in [4.78, 5) is 2.31. The van der Waals surface area contributed by atoms with Gasteiger partial charge in [0.15, 0.2) is 0 Å². The first-order valence-corrected chi connectivity index (χ1v) is 15.2. The van der Waals surface area contributed by atoms with Gasteiger partial charge >= 0.3 is 0 Å². The van der Waals surface area contributed by atoms with E-state index < -0.39 is 0 Å². The van der Waals surface area contributed by atoms with Gasteiger partial charge in [0.25, 0.3) is 0 Å². The van der Waals surface area contributed by atoms with Crippen molar-refractivity contribution in [1.82, 2.24) is 0 Å². The van der Waals surface area contributed by atoms with E-state index in [0.29, 0.717) is 0 Å². The molecule has 208 valence electrons. The van der Waals surface area contributed by atoms with Crippen LogP contribution in [0.1, 0.15) is 27.8 Å². The van der Waals surface area contributed by atoms with Crippen molar-refractivity contribution >= 4 is 62.4 Å². The first-order chi connectivity index (χ1) is 21.8. The fourth-order valence-corrected chi connectivity index (χ4v) is 6.32. The Bertz CT molecular complexity index is 2150. The lowest BCUT2D eigenvalue weighted by molar-refractivity contribution is 1.29. The summed E-state index contributed by atoms with van der Waals surface area (Å²) >= 11 is 0. The van der Waals surface area contributed by atoms with Gasteiger partial charge in [-0.15, -0.1) is 0 Å². The molecule has 44 heavy (non-hydrogen) atoms. The lowest BCUT2D eigenvalue weighted by Crippen LogP contribution is -2.09. The maximum atomic E-state index is 2.33. The van der Waals surface area contributed by atoms with Crippen molar-refractivity contribution < 1.29 is 0 Å². The summed E-state index contributed by atoms with van der Waals surface area (Å²) in [6, 6.07) is 56.8. The highest BCUT2D eigenvalue weighted by atomic mass is 15.1. The minimum atomic E-state index is 1.01. The highest BCUT2D eigenvalue weighted by Gasteiger charge is 2.14. The summed E-state index contributed by atoms with van der Waals surface area (Å²) in [5.41, 5.74) is 11.3. The Hall–Kier alpha value is -5.66. The summed E-state index contributed by atoms with van der Waals surface area (Å²) in [5.74, 6) is 0. The molecule has 0 aromatic heterocycles. The molecule has 0 radical (unpaired) electrons. The number of fused-ring (bicyclic) bond motifs is 3. The van der Waals surface area contributed by atoms with Crippen LogP contribution in [0.5, 0.6) is 0 Å². The molecule has 1 aliphatic carbocycles. The van der Waals surface area contributed by atoms with Gasteiger partial charge < -0.3 is 4.90 Å². The summed E-state index contributed by atoms with van der Waals surface area (Å²) in [5, 5.41) is 4.99. The van der Waals surface area contributed by atoms with E-state index in [-0.39, 0.29) is 0 Å². The molecule has 0 heterocycles. The molecular weight excluding hydrogens is 530 g/mol. The predicted octanol–water partition coefficient (Wildman–Crippen LogP) is 11.7. The molecule has 0 atom stereocenters. The van der Waals surface area contributed by atoms with Crippen molar-refractivity contribution in [1.29, 1.82) is 0 Å². The topological polar surface area (TPSA) is 3.24 Å². The average Bonchev–Trinajstić information content (AvgIpc) is 3.53. The number of rotatable bonds is 6. The van der Waals surface area contributed by atoms with Crippen molar-refractivity contribution in [2.75, 3.05) is 4.90 Å². The van der Waals surface area contributed by atoms with Crippen LogP contribution in [-0.2, 0) is 6.42 Å². The lowest BCUT2D eigenvalue weighted by atomic mass is 9.98. The van der Waals surface area contributed by atoms with Gasteiger partial charge in [0, 0.05) is 17.1 Å². The molecule has 1 heteroatoms. The molecule has 7 aromatic rings. The predicted molar refractivity (Wildman–Crippen MR) is 190 cm³/mol. The van der Waals surface area contributed by atoms with E-state index in [1.54, 1.807) is 0 Å². The van der Waals surface area contributed by atoms with E-state index in [1.165, 1.54) is 54.9 Å². The molecule has 0 unspecified atom stereocenters. The van der Waals surface area contributed by atoms with E-state index in [0.717, 1.165) is 23.5 Å². The van der Waals surface area contributed by atoms with Crippen molar-refractivity contribution in [2.45, 2.75) is 6.42 Å². The number of anilines is 3. The summed E-state index contributed by atoms with van der Waals surface area (Å²) in [6.45, 7) is 0. The van der Waals surface area contributed by atoms with Crippen LogP contribution in [0.15, 0.2) is 158 Å². The van der Waals surface area contributed by atoms with Crippen LogP contribution in [0, 0.1) is 0 Å². The Morgan fingerprint density at radius 2 is 0.977 bits per heavy atom. The maximum Gasteiger partial charge on any atom is 0.0468 e. The van der Waals surface area contributed by atoms with Gasteiger partial charge in [-0.3, -0.25) is 0 Å². The minimum Gasteiger partial charge on any atom is -0.310 e. The number of para-hydroxylation sites is 2. The van der Waals surface area contributed by atoms with Gasteiger partial charge in [-0.25, -0.2) is 0 Å². The third kappa shape index (κ3) is 5.10. The van der Waals surface area contributed by atoms with Crippen LogP contribution in [0.3, 0.4) is 0 Å². The van der Waals surface area contributed by atoms with Crippen molar-refractivity contribution in [3.63, 3.8) is 0 Å². The minimum absolute atomic E-state index is 1.01. The molecule has 1 nitrogen and oxygen atoms in total. The summed E-state index contributed by atoms with van der Waals surface area (Å²) < 4.78 is 0. The lowest BCUT2D eigenvalue weighted by Gasteiger charge is -2.25. The number of nitrogens with zero attached hydrogens (tertiary/aromatic N) is 1. The third-order valence-corrected chi connectivity index (χ3v) is 8.60. The SMILES string of the molecule is C(=Cc1ccc2cc(N(c3ccccc3)c3ccccc3)ccc2c1)c1ccc2cc(C3=Cc4ccccc4C3)ccc2c1. The second-order valence-corrected chi connectivity index (χ2v) is 11.5. The first kappa shape index (κ1) is 26.0. The monoisotopic (exact) mass is 561 g/mol. The van der Waals surface area contributed by atoms with Crippen molar-refractivity contribution in [3.05, 3.63) is 186 Å². The van der Waals surface area contributed by atoms with Crippen molar-refractivity contribution in [3.8, 4) is 0 Å². The Morgan fingerprint density at radius 3 is 1.64 bits per heavy atom.